The minimum Gasteiger partial charge on any atom is -0.348 e. The molecule has 3 rings (SSSR count). The number of nitrogens with zero attached hydrogens (tertiary/aromatic N) is 1. The highest BCUT2D eigenvalue weighted by Gasteiger charge is 2.09. The molecule has 0 fully saturated rings. The van der Waals surface area contributed by atoms with Gasteiger partial charge in [0.1, 0.15) is 5.82 Å². The molecule has 26 heavy (non-hydrogen) atoms. The van der Waals surface area contributed by atoms with Crippen molar-refractivity contribution in [2.75, 3.05) is 5.32 Å². The number of benzene rings is 2. The third-order valence-electron chi connectivity index (χ3n) is 3.61. The van der Waals surface area contributed by atoms with Gasteiger partial charge >= 0.3 is 0 Å². The normalized spacial score (nSPS) is 10.4. The van der Waals surface area contributed by atoms with E-state index in [1.807, 2.05) is 18.2 Å². The Morgan fingerprint density at radius 3 is 2.62 bits per heavy atom. The van der Waals surface area contributed by atoms with Crippen LogP contribution in [0.4, 0.5) is 20.3 Å². The minimum absolute atomic E-state index is 0.284. The second kappa shape index (κ2) is 7.93. The second-order valence-corrected chi connectivity index (χ2v) is 5.86. The third-order valence-corrected chi connectivity index (χ3v) is 3.98. The Hall–Kier alpha value is -2.99. The van der Waals surface area contributed by atoms with Gasteiger partial charge in [-0.05, 0) is 35.9 Å². The van der Waals surface area contributed by atoms with Crippen LogP contribution in [0.25, 0.3) is 0 Å². The first kappa shape index (κ1) is 17.8. The molecule has 1 amide bonds. The quantitative estimate of drug-likeness (QED) is 0.682. The molecule has 4 nitrogen and oxygen atoms in total. The number of rotatable bonds is 5. The van der Waals surface area contributed by atoms with E-state index >= 15 is 0 Å². The fraction of sp³-hybridized carbons (Fsp3) is 0.0526. The van der Waals surface area contributed by atoms with Crippen molar-refractivity contribution in [3.63, 3.8) is 0 Å². The van der Waals surface area contributed by atoms with E-state index in [0.717, 1.165) is 17.7 Å². The molecule has 0 saturated carbocycles. The second-order valence-electron chi connectivity index (χ2n) is 5.46. The van der Waals surface area contributed by atoms with Crippen molar-refractivity contribution in [3.05, 3.63) is 88.6 Å². The van der Waals surface area contributed by atoms with Crippen molar-refractivity contribution in [2.45, 2.75) is 6.54 Å². The van der Waals surface area contributed by atoms with Gasteiger partial charge < -0.3 is 10.6 Å². The van der Waals surface area contributed by atoms with Crippen LogP contribution < -0.4 is 10.6 Å². The Morgan fingerprint density at radius 2 is 1.85 bits per heavy atom. The van der Waals surface area contributed by atoms with Gasteiger partial charge in [0.25, 0.3) is 5.91 Å². The molecule has 3 aromatic rings. The molecule has 0 saturated heterocycles. The molecule has 132 valence electrons. The van der Waals surface area contributed by atoms with Crippen molar-refractivity contribution in [1.82, 2.24) is 10.3 Å². The fourth-order valence-electron chi connectivity index (χ4n) is 2.28. The number of halogens is 3. The van der Waals surface area contributed by atoms with Crippen LogP contribution in [0, 0.1) is 11.6 Å². The molecule has 1 aromatic heterocycles. The van der Waals surface area contributed by atoms with Gasteiger partial charge in [-0.25, -0.2) is 13.8 Å². The van der Waals surface area contributed by atoms with Gasteiger partial charge in [0.05, 0.1) is 0 Å². The van der Waals surface area contributed by atoms with Crippen molar-refractivity contribution in [1.29, 1.82) is 0 Å². The Kier molecular flexibility index (Phi) is 5.43. The molecule has 0 aliphatic rings. The lowest BCUT2D eigenvalue weighted by Crippen LogP contribution is -2.23. The smallest absolute Gasteiger partial charge is 0.251 e. The van der Waals surface area contributed by atoms with E-state index in [0.29, 0.717) is 22.1 Å². The summed E-state index contributed by atoms with van der Waals surface area (Å²) in [6.07, 6.45) is 1.45. The van der Waals surface area contributed by atoms with Crippen LogP contribution in [0.2, 0.25) is 5.02 Å². The largest absolute Gasteiger partial charge is 0.348 e. The molecule has 0 radical (unpaired) electrons. The maximum absolute atomic E-state index is 13.3. The monoisotopic (exact) mass is 373 g/mol. The van der Waals surface area contributed by atoms with Crippen molar-refractivity contribution in [3.8, 4) is 0 Å². The Balaban J connectivity index is 1.69. The molecule has 0 atom stereocenters. The van der Waals surface area contributed by atoms with Crippen LogP contribution in [0.3, 0.4) is 0 Å². The van der Waals surface area contributed by atoms with Gasteiger partial charge in [-0.15, -0.1) is 0 Å². The van der Waals surface area contributed by atoms with Crippen LogP contribution in [-0.2, 0) is 6.54 Å². The van der Waals surface area contributed by atoms with E-state index in [9.17, 15) is 13.6 Å². The standard InChI is InChI=1S/C19H14ClF2N3O/c20-15-4-2-1-3-13(15)11-24-19(26)12-7-8-23-18(9-12)25-14-5-6-16(21)17(22)10-14/h1-10H,11H2,(H,23,25)(H,24,26). The summed E-state index contributed by atoms with van der Waals surface area (Å²) >= 11 is 6.06. The summed E-state index contributed by atoms with van der Waals surface area (Å²) in [6.45, 7) is 0.284. The molecule has 1 heterocycles. The Bertz CT molecular complexity index is 950. The zero-order valence-corrected chi connectivity index (χ0v) is 14.2. The SMILES string of the molecule is O=C(NCc1ccccc1Cl)c1ccnc(Nc2ccc(F)c(F)c2)c1. The van der Waals surface area contributed by atoms with E-state index in [-0.39, 0.29) is 12.5 Å². The van der Waals surface area contributed by atoms with Crippen LogP contribution >= 0.6 is 11.6 Å². The maximum atomic E-state index is 13.3. The number of amides is 1. The molecule has 7 heteroatoms. The summed E-state index contributed by atoms with van der Waals surface area (Å²) in [5, 5.41) is 6.18. The van der Waals surface area contributed by atoms with Gasteiger partial charge in [-0.1, -0.05) is 29.8 Å². The number of aromatic nitrogens is 1. The summed E-state index contributed by atoms with van der Waals surface area (Å²) in [7, 11) is 0. The number of carbonyl (C=O) groups excluding carboxylic acids is 1. The highest BCUT2D eigenvalue weighted by atomic mass is 35.5. The third kappa shape index (κ3) is 4.34. The molecule has 0 bridgehead atoms. The van der Waals surface area contributed by atoms with E-state index in [4.69, 9.17) is 11.6 Å². The fourth-order valence-corrected chi connectivity index (χ4v) is 2.48. The molecular weight excluding hydrogens is 360 g/mol. The average Bonchev–Trinajstić information content (AvgIpc) is 2.64. The Morgan fingerprint density at radius 1 is 1.04 bits per heavy atom. The zero-order valence-electron chi connectivity index (χ0n) is 13.5. The number of hydrogen-bond donors (Lipinski definition) is 2. The minimum atomic E-state index is -0.969. The summed E-state index contributed by atoms with van der Waals surface area (Å²) in [5.74, 6) is -1.87. The van der Waals surface area contributed by atoms with Gasteiger partial charge in [0.15, 0.2) is 11.6 Å². The van der Waals surface area contributed by atoms with Gasteiger partial charge in [0, 0.05) is 35.1 Å². The number of carbonyl (C=O) groups is 1. The number of nitrogens with one attached hydrogen (secondary N) is 2. The van der Waals surface area contributed by atoms with Crippen molar-refractivity contribution in [2.24, 2.45) is 0 Å². The van der Waals surface area contributed by atoms with Gasteiger partial charge in [-0.3, -0.25) is 4.79 Å². The topological polar surface area (TPSA) is 54.0 Å². The number of hydrogen-bond acceptors (Lipinski definition) is 3. The molecule has 0 spiro atoms. The molecule has 2 aromatic carbocycles. The van der Waals surface area contributed by atoms with E-state index in [1.165, 1.54) is 18.3 Å². The molecule has 0 unspecified atom stereocenters. The predicted octanol–water partition coefficient (Wildman–Crippen LogP) is 4.69. The molecule has 0 aliphatic carbocycles. The average molecular weight is 374 g/mol. The first-order valence-electron chi connectivity index (χ1n) is 7.72. The Labute approximate surface area is 153 Å². The summed E-state index contributed by atoms with van der Waals surface area (Å²) in [4.78, 5) is 16.4. The van der Waals surface area contributed by atoms with Crippen molar-refractivity contribution >= 4 is 29.0 Å². The predicted molar refractivity (Wildman–Crippen MR) is 96.5 cm³/mol. The summed E-state index contributed by atoms with van der Waals surface area (Å²) in [5.41, 5.74) is 1.50. The zero-order chi connectivity index (χ0) is 18.5. The number of anilines is 2. The maximum Gasteiger partial charge on any atom is 0.251 e. The first-order chi connectivity index (χ1) is 12.5. The molecular formula is C19H14ClF2N3O. The lowest BCUT2D eigenvalue weighted by molar-refractivity contribution is 0.0951. The molecule has 0 aliphatic heterocycles. The van der Waals surface area contributed by atoms with E-state index in [2.05, 4.69) is 15.6 Å². The van der Waals surface area contributed by atoms with Crippen molar-refractivity contribution < 1.29 is 13.6 Å². The summed E-state index contributed by atoms with van der Waals surface area (Å²) in [6, 6.07) is 13.7. The van der Waals surface area contributed by atoms with Gasteiger partial charge in [-0.2, -0.15) is 0 Å². The van der Waals surface area contributed by atoms with Crippen LogP contribution in [0.1, 0.15) is 15.9 Å². The van der Waals surface area contributed by atoms with Crippen LogP contribution in [0.5, 0.6) is 0 Å². The summed E-state index contributed by atoms with van der Waals surface area (Å²) < 4.78 is 26.3. The highest BCUT2D eigenvalue weighted by Crippen LogP contribution is 2.19. The van der Waals surface area contributed by atoms with Gasteiger partial charge in [0.2, 0.25) is 0 Å². The van der Waals surface area contributed by atoms with Crippen LogP contribution in [0.15, 0.2) is 60.8 Å². The lowest BCUT2D eigenvalue weighted by atomic mass is 10.2. The van der Waals surface area contributed by atoms with E-state index in [1.54, 1.807) is 12.1 Å². The van der Waals surface area contributed by atoms with E-state index < -0.39 is 11.6 Å². The van der Waals surface area contributed by atoms with Crippen LogP contribution in [-0.4, -0.2) is 10.9 Å². The number of pyridine rings is 1. The highest BCUT2D eigenvalue weighted by molar-refractivity contribution is 6.31. The lowest BCUT2D eigenvalue weighted by Gasteiger charge is -2.09. The first-order valence-corrected chi connectivity index (χ1v) is 8.10. The molecule has 2 N–H and O–H groups in total.